The van der Waals surface area contributed by atoms with E-state index in [1.54, 1.807) is 0 Å². The molecular weight excluding hydrogens is 198 g/mol. The quantitative estimate of drug-likeness (QED) is 0.776. The molecule has 3 heteroatoms. The fraction of sp³-hybridized carbons (Fsp3) is 0.200. The van der Waals surface area contributed by atoms with Crippen LogP contribution in [0.3, 0.4) is 0 Å². The van der Waals surface area contributed by atoms with Gasteiger partial charge < -0.3 is 4.98 Å². The third-order valence-electron chi connectivity index (χ3n) is 2.01. The molecule has 0 saturated heterocycles. The van der Waals surface area contributed by atoms with Crippen molar-refractivity contribution in [2.24, 2.45) is 0 Å². The van der Waals surface area contributed by atoms with Crippen molar-refractivity contribution >= 4 is 32.5 Å². The summed E-state index contributed by atoms with van der Waals surface area (Å²) in [6, 6.07) is 8.43. The van der Waals surface area contributed by atoms with Gasteiger partial charge in [0.05, 0.1) is 0 Å². The first-order valence-corrected chi connectivity index (χ1v) is 6.85. The Hall–Kier alpha value is -0.540. The highest BCUT2D eigenvalue weighted by Gasteiger charge is 2.01. The van der Waals surface area contributed by atoms with Crippen molar-refractivity contribution in [2.75, 3.05) is 6.26 Å². The first-order chi connectivity index (χ1) is 6.42. The molecule has 0 aliphatic rings. The summed E-state index contributed by atoms with van der Waals surface area (Å²) in [5, 5.41) is 1.35. The van der Waals surface area contributed by atoms with Crippen molar-refractivity contribution in [1.29, 1.82) is 0 Å². The van der Waals surface area contributed by atoms with Crippen molar-refractivity contribution in [3.63, 3.8) is 0 Å². The van der Waals surface area contributed by atoms with Gasteiger partial charge in [-0.25, -0.2) is 0 Å². The fourth-order valence-electron chi connectivity index (χ4n) is 1.37. The Morgan fingerprint density at radius 1 is 1.31 bits per heavy atom. The molecule has 1 N–H and O–H groups in total. The number of H-pyrrole nitrogens is 1. The van der Waals surface area contributed by atoms with E-state index in [0.717, 1.165) is 5.75 Å². The molecule has 13 heavy (non-hydrogen) atoms. The number of nitrogens with one attached hydrogen (secondary N) is 1. The van der Waals surface area contributed by atoms with E-state index in [0.29, 0.717) is 0 Å². The molecule has 1 heterocycles. The van der Waals surface area contributed by atoms with Crippen molar-refractivity contribution in [2.45, 2.75) is 5.75 Å². The predicted octanol–water partition coefficient (Wildman–Crippen LogP) is 3.68. The van der Waals surface area contributed by atoms with E-state index in [9.17, 15) is 0 Å². The Morgan fingerprint density at radius 3 is 3.00 bits per heavy atom. The third-order valence-corrected chi connectivity index (χ3v) is 3.73. The second-order valence-corrected chi connectivity index (χ2v) is 5.35. The van der Waals surface area contributed by atoms with Gasteiger partial charge in [-0.1, -0.05) is 39.8 Å². The van der Waals surface area contributed by atoms with Gasteiger partial charge in [0, 0.05) is 22.9 Å². The van der Waals surface area contributed by atoms with E-state index >= 15 is 0 Å². The first kappa shape index (κ1) is 9.03. The zero-order chi connectivity index (χ0) is 9.10. The average Bonchev–Trinajstić information content (AvgIpc) is 2.58. The second-order valence-electron chi connectivity index (χ2n) is 2.79. The van der Waals surface area contributed by atoms with Crippen LogP contribution in [-0.2, 0) is 5.75 Å². The zero-order valence-electron chi connectivity index (χ0n) is 7.41. The maximum Gasteiger partial charge on any atom is 0.0457 e. The molecule has 0 fully saturated rings. The lowest BCUT2D eigenvalue weighted by Gasteiger charge is -1.95. The van der Waals surface area contributed by atoms with Crippen molar-refractivity contribution in [3.05, 3.63) is 36.0 Å². The molecule has 0 spiro atoms. The van der Waals surface area contributed by atoms with Crippen LogP contribution in [-0.4, -0.2) is 11.2 Å². The summed E-state index contributed by atoms with van der Waals surface area (Å²) in [6.45, 7) is 0. The largest absolute Gasteiger partial charge is 0.361 e. The van der Waals surface area contributed by atoms with E-state index in [1.165, 1.54) is 16.5 Å². The molecule has 0 aliphatic heterocycles. The number of hydrogen-bond donors (Lipinski definition) is 1. The lowest BCUT2D eigenvalue weighted by molar-refractivity contribution is 1.40. The van der Waals surface area contributed by atoms with Gasteiger partial charge in [0.15, 0.2) is 0 Å². The zero-order valence-corrected chi connectivity index (χ0v) is 9.04. The smallest absolute Gasteiger partial charge is 0.0457 e. The molecule has 1 aromatic heterocycles. The minimum absolute atomic E-state index is 1.07. The summed E-state index contributed by atoms with van der Waals surface area (Å²) in [5.41, 5.74) is 2.63. The maximum atomic E-state index is 3.27. The topological polar surface area (TPSA) is 15.8 Å². The summed E-state index contributed by atoms with van der Waals surface area (Å²) in [5.74, 6) is 1.07. The summed E-state index contributed by atoms with van der Waals surface area (Å²) in [7, 11) is 3.69. The molecule has 2 rings (SSSR count). The molecule has 0 atom stereocenters. The average molecular weight is 209 g/mol. The van der Waals surface area contributed by atoms with E-state index in [-0.39, 0.29) is 0 Å². The molecule has 1 nitrogen and oxygen atoms in total. The predicted molar refractivity (Wildman–Crippen MR) is 63.1 cm³/mol. The number of rotatable bonds is 3. The number of aromatic amines is 1. The van der Waals surface area contributed by atoms with E-state index < -0.39 is 0 Å². The summed E-state index contributed by atoms with van der Waals surface area (Å²) >= 11 is 0. The van der Waals surface area contributed by atoms with Crippen LogP contribution in [0.1, 0.15) is 5.56 Å². The summed E-state index contributed by atoms with van der Waals surface area (Å²) < 4.78 is 0. The number of benzene rings is 1. The van der Waals surface area contributed by atoms with Crippen molar-refractivity contribution in [1.82, 2.24) is 4.98 Å². The molecule has 0 unspecified atom stereocenters. The number of para-hydroxylation sites is 1. The number of aromatic nitrogens is 1. The third kappa shape index (κ3) is 1.86. The van der Waals surface area contributed by atoms with Gasteiger partial charge in [0.1, 0.15) is 0 Å². The lowest BCUT2D eigenvalue weighted by atomic mass is 10.2. The Kier molecular flexibility index (Phi) is 2.86. The SMILES string of the molecule is CSSCc1c[nH]c2ccccc12. The standard InChI is InChI=1S/C10H11NS2/c1-12-13-7-8-6-11-10-5-3-2-4-9(8)10/h2-6,11H,7H2,1H3. The molecular formula is C10H11NS2. The van der Waals surface area contributed by atoms with Crippen LogP contribution in [0.4, 0.5) is 0 Å². The molecule has 0 saturated carbocycles. The van der Waals surface area contributed by atoms with Gasteiger partial charge in [-0.3, -0.25) is 0 Å². The molecule has 1 aromatic carbocycles. The van der Waals surface area contributed by atoms with Gasteiger partial charge in [0.25, 0.3) is 0 Å². The van der Waals surface area contributed by atoms with Crippen molar-refractivity contribution < 1.29 is 0 Å². The normalized spacial score (nSPS) is 10.8. The number of fused-ring (bicyclic) bond motifs is 1. The van der Waals surface area contributed by atoms with Gasteiger partial charge >= 0.3 is 0 Å². The monoisotopic (exact) mass is 209 g/mol. The Bertz CT molecular complexity index is 394. The second kappa shape index (κ2) is 4.11. The first-order valence-electron chi connectivity index (χ1n) is 4.12. The molecule has 2 aromatic rings. The lowest BCUT2D eigenvalue weighted by Crippen LogP contribution is -1.73. The Morgan fingerprint density at radius 2 is 2.15 bits per heavy atom. The molecule has 0 aliphatic carbocycles. The summed E-state index contributed by atoms with van der Waals surface area (Å²) in [4.78, 5) is 3.27. The number of hydrogen-bond acceptors (Lipinski definition) is 2. The Labute approximate surface area is 85.7 Å². The minimum Gasteiger partial charge on any atom is -0.361 e. The van der Waals surface area contributed by atoms with Gasteiger partial charge in [-0.2, -0.15) is 0 Å². The van der Waals surface area contributed by atoms with E-state index in [4.69, 9.17) is 0 Å². The molecule has 0 amide bonds. The molecule has 0 bridgehead atoms. The van der Waals surface area contributed by atoms with Crippen LogP contribution in [0.15, 0.2) is 30.5 Å². The molecule has 0 radical (unpaired) electrons. The van der Waals surface area contributed by atoms with Crippen LogP contribution in [0.5, 0.6) is 0 Å². The van der Waals surface area contributed by atoms with Crippen LogP contribution >= 0.6 is 21.6 Å². The highest BCUT2D eigenvalue weighted by atomic mass is 33.1. The van der Waals surface area contributed by atoms with Crippen LogP contribution in [0, 0.1) is 0 Å². The van der Waals surface area contributed by atoms with Gasteiger partial charge in [-0.05, 0) is 17.9 Å². The van der Waals surface area contributed by atoms with Crippen molar-refractivity contribution in [3.8, 4) is 0 Å². The van der Waals surface area contributed by atoms with E-state index in [1.807, 2.05) is 21.6 Å². The Balaban J connectivity index is 2.35. The van der Waals surface area contributed by atoms with Crippen LogP contribution in [0.25, 0.3) is 10.9 Å². The van der Waals surface area contributed by atoms with Crippen LogP contribution < -0.4 is 0 Å². The van der Waals surface area contributed by atoms with Crippen LogP contribution in [0.2, 0.25) is 0 Å². The van der Waals surface area contributed by atoms with E-state index in [2.05, 4.69) is 41.7 Å². The summed E-state index contributed by atoms with van der Waals surface area (Å²) in [6.07, 6.45) is 4.22. The van der Waals surface area contributed by atoms with Gasteiger partial charge in [0.2, 0.25) is 0 Å². The minimum atomic E-state index is 1.07. The molecule has 68 valence electrons. The highest BCUT2D eigenvalue weighted by molar-refractivity contribution is 8.76. The fourth-order valence-corrected chi connectivity index (χ4v) is 2.59. The van der Waals surface area contributed by atoms with Gasteiger partial charge in [-0.15, -0.1) is 0 Å². The highest BCUT2D eigenvalue weighted by Crippen LogP contribution is 2.27. The maximum absolute atomic E-state index is 3.27.